The number of nitrogens with one attached hydrogen (secondary N) is 1. The number of aromatic hydroxyl groups is 1. The van der Waals surface area contributed by atoms with Crippen molar-refractivity contribution < 1.29 is 23.2 Å². The van der Waals surface area contributed by atoms with Crippen molar-refractivity contribution in [1.29, 1.82) is 0 Å². The van der Waals surface area contributed by atoms with Crippen LogP contribution in [0.5, 0.6) is 11.5 Å². The molecule has 0 heterocycles. The molecule has 0 unspecified atom stereocenters. The zero-order valence-corrected chi connectivity index (χ0v) is 17.0. The van der Waals surface area contributed by atoms with Gasteiger partial charge in [-0.1, -0.05) is 13.8 Å². The maximum absolute atomic E-state index is 12.6. The fourth-order valence-electron chi connectivity index (χ4n) is 2.56. The van der Waals surface area contributed by atoms with Crippen molar-refractivity contribution in [3.63, 3.8) is 0 Å². The maximum atomic E-state index is 12.6. The number of sulfonamides is 1. The van der Waals surface area contributed by atoms with Crippen LogP contribution in [0, 0.1) is 10.1 Å². The minimum Gasteiger partial charge on any atom is -0.507 e. The van der Waals surface area contributed by atoms with Crippen LogP contribution in [0.25, 0.3) is 0 Å². The number of hydrazone groups is 1. The van der Waals surface area contributed by atoms with E-state index in [1.54, 1.807) is 19.9 Å². The highest BCUT2D eigenvalue weighted by atomic mass is 32.2. The van der Waals surface area contributed by atoms with Gasteiger partial charge in [-0.15, -0.1) is 0 Å². The van der Waals surface area contributed by atoms with Gasteiger partial charge in [0.25, 0.3) is 5.69 Å². The Morgan fingerprint density at radius 3 is 2.52 bits per heavy atom. The maximum Gasteiger partial charge on any atom is 0.295 e. The lowest BCUT2D eigenvalue weighted by molar-refractivity contribution is -0.384. The highest BCUT2D eigenvalue weighted by Gasteiger charge is 2.25. The van der Waals surface area contributed by atoms with Crippen LogP contribution < -0.4 is 10.2 Å². The Morgan fingerprint density at radius 2 is 1.93 bits per heavy atom. The number of nitro benzene ring substituents is 1. The molecule has 2 aromatic carbocycles. The van der Waals surface area contributed by atoms with Crippen LogP contribution in [0.3, 0.4) is 0 Å². The Labute approximate surface area is 168 Å². The fraction of sp³-hybridized carbons (Fsp3) is 0.278. The first-order chi connectivity index (χ1) is 13.7. The van der Waals surface area contributed by atoms with Gasteiger partial charge < -0.3 is 9.84 Å². The number of anilines is 1. The van der Waals surface area contributed by atoms with E-state index in [9.17, 15) is 23.6 Å². The number of nitro groups is 1. The minimum absolute atomic E-state index is 0.00660. The predicted octanol–water partition coefficient (Wildman–Crippen LogP) is 2.79. The molecule has 0 atom stereocenters. The highest BCUT2D eigenvalue weighted by Crippen LogP contribution is 2.29. The van der Waals surface area contributed by atoms with Crippen molar-refractivity contribution in [2.45, 2.75) is 18.7 Å². The van der Waals surface area contributed by atoms with Crippen LogP contribution in [-0.4, -0.2) is 49.2 Å². The number of nitrogens with zero attached hydrogens (tertiary/aromatic N) is 3. The molecule has 0 spiro atoms. The zero-order valence-electron chi connectivity index (χ0n) is 16.2. The lowest BCUT2D eigenvalue weighted by Gasteiger charge is -2.18. The summed E-state index contributed by atoms with van der Waals surface area (Å²) in [5, 5.41) is 25.2. The Morgan fingerprint density at radius 1 is 1.24 bits per heavy atom. The van der Waals surface area contributed by atoms with Crippen LogP contribution in [0.2, 0.25) is 0 Å². The van der Waals surface area contributed by atoms with E-state index >= 15 is 0 Å². The molecule has 0 aliphatic rings. The molecule has 0 aliphatic heterocycles. The van der Waals surface area contributed by atoms with Crippen molar-refractivity contribution in [3.8, 4) is 11.5 Å². The summed E-state index contributed by atoms with van der Waals surface area (Å²) >= 11 is 0. The van der Waals surface area contributed by atoms with Crippen molar-refractivity contribution in [3.05, 3.63) is 52.1 Å². The first kappa shape index (κ1) is 22.1. The number of benzene rings is 2. The van der Waals surface area contributed by atoms with Crippen LogP contribution >= 0.6 is 0 Å². The predicted molar refractivity (Wildman–Crippen MR) is 109 cm³/mol. The lowest BCUT2D eigenvalue weighted by atomic mass is 10.2. The quantitative estimate of drug-likeness (QED) is 0.360. The van der Waals surface area contributed by atoms with Gasteiger partial charge in [0.2, 0.25) is 10.0 Å². The molecular formula is C18H22N4O6S. The van der Waals surface area contributed by atoms with E-state index in [0.29, 0.717) is 11.3 Å². The first-order valence-corrected chi connectivity index (χ1v) is 10.1. The summed E-state index contributed by atoms with van der Waals surface area (Å²) in [6, 6.07) is 8.08. The van der Waals surface area contributed by atoms with Gasteiger partial charge in [0.1, 0.15) is 17.2 Å². The van der Waals surface area contributed by atoms with E-state index in [2.05, 4.69) is 10.5 Å². The number of methoxy groups -OCH3 is 1. The Kier molecular flexibility index (Phi) is 7.13. The topological polar surface area (TPSA) is 134 Å². The Hall–Kier alpha value is -3.18. The molecule has 0 bridgehead atoms. The molecule has 2 aromatic rings. The molecule has 0 aromatic heterocycles. The number of phenols is 1. The van der Waals surface area contributed by atoms with E-state index in [4.69, 9.17) is 4.74 Å². The molecule has 0 fully saturated rings. The van der Waals surface area contributed by atoms with Gasteiger partial charge in [-0.3, -0.25) is 15.5 Å². The highest BCUT2D eigenvalue weighted by molar-refractivity contribution is 7.89. The molecule has 0 amide bonds. The third-order valence-electron chi connectivity index (χ3n) is 4.13. The second-order valence-electron chi connectivity index (χ2n) is 5.82. The lowest BCUT2D eigenvalue weighted by Crippen LogP contribution is -2.30. The van der Waals surface area contributed by atoms with E-state index in [1.165, 1.54) is 41.9 Å². The number of phenolic OH excluding ortho intramolecular Hbond substituents is 1. The van der Waals surface area contributed by atoms with E-state index in [0.717, 1.165) is 6.07 Å². The molecule has 10 nitrogen and oxygen atoms in total. The molecule has 2 rings (SSSR count). The number of hydrogen-bond donors (Lipinski definition) is 2. The molecule has 156 valence electrons. The Balaban J connectivity index is 2.34. The molecule has 0 aliphatic carbocycles. The minimum atomic E-state index is -3.84. The van der Waals surface area contributed by atoms with E-state index in [-0.39, 0.29) is 29.4 Å². The van der Waals surface area contributed by atoms with Crippen LogP contribution in [0.4, 0.5) is 11.4 Å². The van der Waals surface area contributed by atoms with Gasteiger partial charge in [0.15, 0.2) is 0 Å². The monoisotopic (exact) mass is 422 g/mol. The number of ether oxygens (including phenoxy) is 1. The van der Waals surface area contributed by atoms with Crippen LogP contribution in [0.1, 0.15) is 19.4 Å². The summed E-state index contributed by atoms with van der Waals surface area (Å²) in [7, 11) is -2.36. The Bertz CT molecular complexity index is 1020. The standard InChI is InChI=1S/C18H22N4O6S/c1-4-21(5-2)29(26,27)15-7-8-16(17(11-15)22(24)25)20-19-12-13-10-14(28-3)6-9-18(13)23/h6-12,20,23H,4-5H2,1-3H3. The average Bonchev–Trinajstić information content (AvgIpc) is 2.70. The van der Waals surface area contributed by atoms with Gasteiger partial charge in [0.05, 0.1) is 23.1 Å². The fourth-order valence-corrected chi connectivity index (χ4v) is 4.04. The summed E-state index contributed by atoms with van der Waals surface area (Å²) in [6.45, 7) is 3.88. The SMILES string of the molecule is CCN(CC)S(=O)(=O)c1ccc(NN=Cc2cc(OC)ccc2O)c([N+](=O)[O-])c1. The largest absolute Gasteiger partial charge is 0.507 e. The summed E-state index contributed by atoms with van der Waals surface area (Å²) in [5.74, 6) is 0.452. The molecule has 29 heavy (non-hydrogen) atoms. The molecule has 2 N–H and O–H groups in total. The summed E-state index contributed by atoms with van der Waals surface area (Å²) in [5.41, 5.74) is 2.41. The third kappa shape index (κ3) is 5.00. The average molecular weight is 422 g/mol. The molecule has 0 saturated carbocycles. The summed E-state index contributed by atoms with van der Waals surface area (Å²) in [4.78, 5) is 10.6. The zero-order chi connectivity index (χ0) is 21.6. The molecule has 0 saturated heterocycles. The van der Waals surface area contributed by atoms with Gasteiger partial charge in [-0.05, 0) is 30.3 Å². The van der Waals surface area contributed by atoms with E-state index in [1.807, 2.05) is 0 Å². The second kappa shape index (κ2) is 9.34. The van der Waals surface area contributed by atoms with Crippen molar-refractivity contribution in [1.82, 2.24) is 4.31 Å². The van der Waals surface area contributed by atoms with Crippen molar-refractivity contribution in [2.24, 2.45) is 5.10 Å². The van der Waals surface area contributed by atoms with E-state index < -0.39 is 20.6 Å². The second-order valence-corrected chi connectivity index (χ2v) is 7.76. The summed E-state index contributed by atoms with van der Waals surface area (Å²) < 4.78 is 31.5. The van der Waals surface area contributed by atoms with Gasteiger partial charge in [-0.2, -0.15) is 9.41 Å². The third-order valence-corrected chi connectivity index (χ3v) is 6.18. The van der Waals surface area contributed by atoms with Crippen LogP contribution in [-0.2, 0) is 10.0 Å². The smallest absolute Gasteiger partial charge is 0.295 e. The van der Waals surface area contributed by atoms with Crippen molar-refractivity contribution >= 4 is 27.6 Å². The summed E-state index contributed by atoms with van der Waals surface area (Å²) in [6.07, 6.45) is 1.27. The van der Waals surface area contributed by atoms with Gasteiger partial charge in [-0.25, -0.2) is 8.42 Å². The molecule has 11 heteroatoms. The van der Waals surface area contributed by atoms with Crippen molar-refractivity contribution in [2.75, 3.05) is 25.6 Å². The van der Waals surface area contributed by atoms with Gasteiger partial charge in [0, 0.05) is 24.7 Å². The normalized spacial score (nSPS) is 11.7. The van der Waals surface area contributed by atoms with Gasteiger partial charge >= 0.3 is 0 Å². The molecular weight excluding hydrogens is 400 g/mol. The number of rotatable bonds is 9. The van der Waals surface area contributed by atoms with Crippen LogP contribution in [0.15, 0.2) is 46.4 Å². The first-order valence-electron chi connectivity index (χ1n) is 8.69. The molecule has 0 radical (unpaired) electrons. The number of hydrogen-bond acceptors (Lipinski definition) is 8.